The molecule has 0 saturated carbocycles. The fourth-order valence-electron chi connectivity index (χ4n) is 6.31. The van der Waals surface area contributed by atoms with Gasteiger partial charge in [-0.2, -0.15) is 0 Å². The van der Waals surface area contributed by atoms with Crippen LogP contribution in [0.25, 0.3) is 0 Å². The maximum Gasteiger partial charge on any atom is 0.306 e. The quantitative estimate of drug-likeness (QED) is 0.0195. The highest BCUT2D eigenvalue weighted by Gasteiger charge is 2.21. The number of nitrogens with zero attached hydrogens (tertiary/aromatic N) is 1. The highest BCUT2D eigenvalue weighted by molar-refractivity contribution is 7.45. The lowest BCUT2D eigenvalue weighted by atomic mass is 10.1. The van der Waals surface area contributed by atoms with Crippen LogP contribution in [0.4, 0.5) is 0 Å². The molecule has 0 radical (unpaired) electrons. The number of phosphoric ester groups is 1. The van der Waals surface area contributed by atoms with Gasteiger partial charge in [0, 0.05) is 12.8 Å². The molecule has 62 heavy (non-hydrogen) atoms. The summed E-state index contributed by atoms with van der Waals surface area (Å²) in [6, 6.07) is 0. The number of esters is 2. The van der Waals surface area contributed by atoms with Crippen LogP contribution in [0.15, 0.2) is 72.9 Å². The first-order valence-electron chi connectivity index (χ1n) is 24.6. The minimum Gasteiger partial charge on any atom is -0.756 e. The van der Waals surface area contributed by atoms with Crippen molar-refractivity contribution < 1.29 is 42.1 Å². The van der Waals surface area contributed by atoms with Gasteiger partial charge in [0.25, 0.3) is 7.82 Å². The third-order valence-electron chi connectivity index (χ3n) is 10.2. The number of allylic oxidation sites excluding steroid dienone is 12. The normalized spacial score (nSPS) is 14.1. The topological polar surface area (TPSA) is 111 Å². The molecule has 0 aromatic carbocycles. The molecule has 0 aliphatic heterocycles. The van der Waals surface area contributed by atoms with Gasteiger partial charge in [-0.15, -0.1) is 0 Å². The average Bonchev–Trinajstić information content (AvgIpc) is 3.23. The number of unbranched alkanes of at least 4 members (excludes halogenated alkanes) is 18. The first-order valence-corrected chi connectivity index (χ1v) is 26.1. The van der Waals surface area contributed by atoms with Crippen molar-refractivity contribution in [2.75, 3.05) is 47.5 Å². The van der Waals surface area contributed by atoms with Gasteiger partial charge >= 0.3 is 11.9 Å². The predicted molar refractivity (Wildman–Crippen MR) is 259 cm³/mol. The molecule has 9 nitrogen and oxygen atoms in total. The second kappa shape index (κ2) is 43.7. The number of rotatable bonds is 44. The minimum atomic E-state index is -4.64. The second-order valence-electron chi connectivity index (χ2n) is 17.5. The molecule has 0 aromatic heterocycles. The summed E-state index contributed by atoms with van der Waals surface area (Å²) in [5, 5.41) is 0. The Bertz CT molecular complexity index is 1280. The molecule has 0 bridgehead atoms. The van der Waals surface area contributed by atoms with E-state index in [9.17, 15) is 19.0 Å². The van der Waals surface area contributed by atoms with Crippen molar-refractivity contribution >= 4 is 19.8 Å². The van der Waals surface area contributed by atoms with Gasteiger partial charge in [0.1, 0.15) is 19.8 Å². The SMILES string of the molecule is CCCCC/C=C\C/C=C\C/C=C\C/C=C\CCCCCC(=O)O[C@H](COC(=O)CCCCCCCCCCC/C=C\C/C=C\CCCCC)COP(=O)([O-])OCC[N+](C)(C)C. The van der Waals surface area contributed by atoms with Gasteiger partial charge in [0.2, 0.25) is 0 Å². The predicted octanol–water partition coefficient (Wildman–Crippen LogP) is 13.9. The minimum absolute atomic E-state index is 0.0413. The third kappa shape index (κ3) is 46.9. The van der Waals surface area contributed by atoms with Crippen LogP contribution >= 0.6 is 7.82 Å². The zero-order valence-corrected chi connectivity index (χ0v) is 41.2. The lowest BCUT2D eigenvalue weighted by molar-refractivity contribution is -0.870. The van der Waals surface area contributed by atoms with E-state index in [4.69, 9.17) is 18.5 Å². The Morgan fingerprint density at radius 1 is 0.500 bits per heavy atom. The van der Waals surface area contributed by atoms with Crippen LogP contribution < -0.4 is 4.89 Å². The number of likely N-dealkylation sites (N-methyl/N-ethyl adjacent to an activating group) is 1. The number of quaternary nitrogens is 1. The fourth-order valence-corrected chi connectivity index (χ4v) is 7.04. The van der Waals surface area contributed by atoms with Crippen LogP contribution in [0.3, 0.4) is 0 Å². The highest BCUT2D eigenvalue weighted by atomic mass is 31.2. The van der Waals surface area contributed by atoms with Crippen LogP contribution in [0.2, 0.25) is 0 Å². The largest absolute Gasteiger partial charge is 0.756 e. The van der Waals surface area contributed by atoms with Crippen LogP contribution in [-0.4, -0.2) is 70.0 Å². The van der Waals surface area contributed by atoms with Gasteiger partial charge in [0.05, 0.1) is 27.7 Å². The van der Waals surface area contributed by atoms with Crippen LogP contribution in [-0.2, 0) is 32.7 Å². The summed E-state index contributed by atoms with van der Waals surface area (Å²) in [6.07, 6.45) is 54.9. The van der Waals surface area contributed by atoms with Gasteiger partial charge in [-0.05, 0) is 89.9 Å². The number of phosphoric acid groups is 1. The molecule has 0 saturated heterocycles. The molecule has 0 aliphatic carbocycles. The Balaban J connectivity index is 4.37. The van der Waals surface area contributed by atoms with Crippen LogP contribution in [0, 0.1) is 0 Å². The maximum atomic E-state index is 12.7. The molecule has 0 aromatic rings. The van der Waals surface area contributed by atoms with E-state index in [0.717, 1.165) is 77.0 Å². The third-order valence-corrected chi connectivity index (χ3v) is 11.2. The first-order chi connectivity index (χ1) is 30.0. The average molecular weight is 890 g/mol. The monoisotopic (exact) mass is 890 g/mol. The van der Waals surface area contributed by atoms with E-state index in [-0.39, 0.29) is 26.1 Å². The summed E-state index contributed by atoms with van der Waals surface area (Å²) >= 11 is 0. The number of hydrogen-bond donors (Lipinski definition) is 0. The van der Waals surface area contributed by atoms with E-state index in [1.165, 1.54) is 83.5 Å². The van der Waals surface area contributed by atoms with Crippen molar-refractivity contribution in [2.45, 2.75) is 200 Å². The second-order valence-corrected chi connectivity index (χ2v) is 18.9. The number of carbonyl (C=O) groups excluding carboxylic acids is 2. The molecule has 0 amide bonds. The lowest BCUT2D eigenvalue weighted by Gasteiger charge is -2.28. The summed E-state index contributed by atoms with van der Waals surface area (Å²) in [7, 11) is 1.13. The van der Waals surface area contributed by atoms with Gasteiger partial charge in [0.15, 0.2) is 6.10 Å². The molecular formula is C52H92NO8P. The van der Waals surface area contributed by atoms with E-state index in [0.29, 0.717) is 17.4 Å². The zero-order valence-electron chi connectivity index (χ0n) is 40.3. The van der Waals surface area contributed by atoms with Crippen LogP contribution in [0.5, 0.6) is 0 Å². The van der Waals surface area contributed by atoms with E-state index in [1.807, 2.05) is 21.1 Å². The zero-order chi connectivity index (χ0) is 45.7. The molecule has 0 fully saturated rings. The first kappa shape index (κ1) is 59.5. The number of ether oxygens (including phenoxy) is 2. The Labute approximate surface area is 380 Å². The van der Waals surface area contributed by atoms with Gasteiger partial charge in [-0.3, -0.25) is 14.2 Å². The molecule has 358 valence electrons. The molecule has 0 aliphatic rings. The summed E-state index contributed by atoms with van der Waals surface area (Å²) < 4.78 is 34.0. The fraction of sp³-hybridized carbons (Fsp3) is 0.731. The maximum absolute atomic E-state index is 12.7. The Morgan fingerprint density at radius 3 is 1.31 bits per heavy atom. The van der Waals surface area contributed by atoms with E-state index < -0.39 is 32.5 Å². The van der Waals surface area contributed by atoms with Crippen molar-refractivity contribution in [3.8, 4) is 0 Å². The Morgan fingerprint density at radius 2 is 0.871 bits per heavy atom. The van der Waals surface area contributed by atoms with Crippen molar-refractivity contribution in [1.29, 1.82) is 0 Å². The molecule has 2 atom stereocenters. The molecule has 0 heterocycles. The molecular weight excluding hydrogens is 798 g/mol. The van der Waals surface area contributed by atoms with E-state index >= 15 is 0 Å². The van der Waals surface area contributed by atoms with Crippen molar-refractivity contribution in [3.63, 3.8) is 0 Å². The van der Waals surface area contributed by atoms with Crippen molar-refractivity contribution in [1.82, 2.24) is 0 Å². The molecule has 10 heteroatoms. The van der Waals surface area contributed by atoms with E-state index in [1.54, 1.807) is 0 Å². The summed E-state index contributed by atoms with van der Waals surface area (Å²) in [5.41, 5.74) is 0. The molecule has 1 unspecified atom stereocenters. The number of carbonyl (C=O) groups is 2. The summed E-state index contributed by atoms with van der Waals surface area (Å²) in [4.78, 5) is 37.7. The number of hydrogen-bond acceptors (Lipinski definition) is 8. The van der Waals surface area contributed by atoms with Gasteiger partial charge in [-0.1, -0.05) is 164 Å². The summed E-state index contributed by atoms with van der Waals surface area (Å²) in [6.45, 7) is 4.13. The molecule has 0 spiro atoms. The van der Waals surface area contributed by atoms with Crippen molar-refractivity contribution in [2.24, 2.45) is 0 Å². The van der Waals surface area contributed by atoms with Gasteiger partial charge < -0.3 is 27.9 Å². The summed E-state index contributed by atoms with van der Waals surface area (Å²) in [5.74, 6) is -0.878. The Kier molecular flexibility index (Phi) is 41.9. The molecule has 0 rings (SSSR count). The smallest absolute Gasteiger partial charge is 0.306 e. The van der Waals surface area contributed by atoms with Gasteiger partial charge in [-0.25, -0.2) is 0 Å². The Hall–Kier alpha value is -2.55. The highest BCUT2D eigenvalue weighted by Crippen LogP contribution is 2.38. The van der Waals surface area contributed by atoms with Crippen molar-refractivity contribution in [3.05, 3.63) is 72.9 Å². The van der Waals surface area contributed by atoms with Crippen LogP contribution in [0.1, 0.15) is 194 Å². The standard InChI is InChI=1S/C52H92NO8P/c1-6-8-10-12-14-16-18-20-22-24-26-28-30-32-34-36-38-40-42-44-51(54)58-48-50(49-60-62(56,57)59-47-46-53(3,4)5)61-52(55)45-43-41-39-37-35-33-31-29-27-25-23-21-19-17-15-13-11-9-7-2/h14-17,20-23,27,29,33,35,50H,6-13,18-19,24-26,28,30-32,34,36-49H2,1-5H3/b16-14-,17-15-,22-20-,23-21-,29-27-,35-33-/t50-/m1/s1. The molecule has 0 N–H and O–H groups in total. The lowest BCUT2D eigenvalue weighted by Crippen LogP contribution is -2.37. The van der Waals surface area contributed by atoms with E-state index in [2.05, 4.69) is 86.8 Å².